The van der Waals surface area contributed by atoms with Gasteiger partial charge >= 0.3 is 5.97 Å². The first-order valence-corrected chi connectivity index (χ1v) is 17.5. The minimum Gasteiger partial charge on any atom is -0.479 e. The summed E-state index contributed by atoms with van der Waals surface area (Å²) in [5, 5.41) is 10.4. The highest BCUT2D eigenvalue weighted by Crippen LogP contribution is 2.40. The third-order valence-corrected chi connectivity index (χ3v) is 9.89. The molecule has 0 bridgehead atoms. The topological polar surface area (TPSA) is 126 Å². The molecule has 0 spiro atoms. The van der Waals surface area contributed by atoms with Crippen LogP contribution >= 0.6 is 0 Å². The number of sulfonamides is 1. The Hall–Kier alpha value is -4.38. The maximum atomic E-state index is 14.4. The zero-order valence-electron chi connectivity index (χ0n) is 28.3. The number of carboxylic acid groups (broad SMARTS) is 1. The van der Waals surface area contributed by atoms with Gasteiger partial charge in [0.25, 0.3) is 0 Å². The van der Waals surface area contributed by atoms with E-state index in [9.17, 15) is 23.1 Å². The number of aliphatic carboxylic acids is 1. The number of aromatic nitrogens is 1. The fraction of sp³-hybridized carbons (Fsp3) is 0.342. The minimum absolute atomic E-state index is 0.0764. The molecule has 0 fully saturated rings. The standard InChI is InChI=1S/C38H43N3O6S/c1-24-12-16-28(17-13-24)34-30-23-41(21-20-31(30)39-26(3)33(34)35(37(43)44)47-38(4,5)6)36(42)32(22-27-10-8-7-9-11-27)40-48(45,46)29-18-14-25(2)15-19-29/h7-19,32,35,40H,20-23H2,1-6H3,(H,43,44)/t32-,35?/m0/s1. The van der Waals surface area contributed by atoms with Crippen LogP contribution in [-0.4, -0.2) is 53.5 Å². The van der Waals surface area contributed by atoms with Crippen molar-refractivity contribution in [1.29, 1.82) is 0 Å². The number of fused-ring (bicyclic) bond motifs is 1. The second-order valence-electron chi connectivity index (χ2n) is 13.4. The monoisotopic (exact) mass is 669 g/mol. The van der Waals surface area contributed by atoms with Gasteiger partial charge in [0.15, 0.2) is 6.10 Å². The van der Waals surface area contributed by atoms with Gasteiger partial charge in [0, 0.05) is 42.0 Å². The van der Waals surface area contributed by atoms with E-state index in [2.05, 4.69) is 4.72 Å². The molecule has 1 aromatic heterocycles. The summed E-state index contributed by atoms with van der Waals surface area (Å²) in [7, 11) is -4.04. The van der Waals surface area contributed by atoms with E-state index in [1.54, 1.807) is 44.7 Å². The number of hydrogen-bond donors (Lipinski definition) is 2. The molecular weight excluding hydrogens is 626 g/mol. The third-order valence-electron chi connectivity index (χ3n) is 8.40. The molecule has 0 radical (unpaired) electrons. The molecule has 0 saturated heterocycles. The highest BCUT2D eigenvalue weighted by Gasteiger charge is 2.37. The van der Waals surface area contributed by atoms with Crippen molar-refractivity contribution in [3.05, 3.63) is 118 Å². The van der Waals surface area contributed by atoms with Gasteiger partial charge in [0.1, 0.15) is 6.04 Å². The van der Waals surface area contributed by atoms with Crippen LogP contribution in [-0.2, 0) is 43.7 Å². The smallest absolute Gasteiger partial charge is 0.337 e. The number of rotatable bonds is 10. The molecule has 1 amide bonds. The third kappa shape index (κ3) is 8.01. The molecule has 2 N–H and O–H groups in total. The Morgan fingerprint density at radius 2 is 1.54 bits per heavy atom. The molecular formula is C38H43N3O6S. The zero-order chi connectivity index (χ0) is 34.8. The quantitative estimate of drug-likeness (QED) is 0.209. The fourth-order valence-corrected chi connectivity index (χ4v) is 7.26. The Labute approximate surface area is 283 Å². The van der Waals surface area contributed by atoms with Crippen LogP contribution in [0.2, 0.25) is 0 Å². The lowest BCUT2D eigenvalue weighted by Gasteiger charge is -2.35. The second kappa shape index (κ2) is 14.0. The van der Waals surface area contributed by atoms with E-state index in [0.29, 0.717) is 29.8 Å². The molecule has 1 unspecified atom stereocenters. The highest BCUT2D eigenvalue weighted by atomic mass is 32.2. The van der Waals surface area contributed by atoms with E-state index < -0.39 is 33.7 Å². The Bertz CT molecular complexity index is 1900. The van der Waals surface area contributed by atoms with Crippen LogP contribution in [0, 0.1) is 20.8 Å². The number of nitrogens with one attached hydrogen (secondary N) is 1. The lowest BCUT2D eigenvalue weighted by atomic mass is 9.86. The predicted octanol–water partition coefficient (Wildman–Crippen LogP) is 6.09. The number of carbonyl (C=O) groups is 2. The van der Waals surface area contributed by atoms with Gasteiger partial charge < -0.3 is 14.7 Å². The van der Waals surface area contributed by atoms with Crippen molar-refractivity contribution in [1.82, 2.24) is 14.6 Å². The summed E-state index contributed by atoms with van der Waals surface area (Å²) in [6.45, 7) is 11.5. The summed E-state index contributed by atoms with van der Waals surface area (Å²) in [6, 6.07) is 22.5. The molecule has 10 heteroatoms. The van der Waals surface area contributed by atoms with Gasteiger partial charge in [0.2, 0.25) is 15.9 Å². The molecule has 2 heterocycles. The number of hydrogen-bond acceptors (Lipinski definition) is 6. The lowest BCUT2D eigenvalue weighted by Crippen LogP contribution is -2.51. The fourth-order valence-electron chi connectivity index (χ4n) is 6.07. The number of carbonyl (C=O) groups excluding carboxylic acids is 1. The van der Waals surface area contributed by atoms with Crippen LogP contribution in [0.5, 0.6) is 0 Å². The van der Waals surface area contributed by atoms with Crippen LogP contribution in [0.1, 0.15) is 66.1 Å². The van der Waals surface area contributed by atoms with Gasteiger partial charge in [-0.05, 0) is 76.8 Å². The molecule has 4 aromatic rings. The van der Waals surface area contributed by atoms with Crippen molar-refractivity contribution in [2.24, 2.45) is 0 Å². The Balaban J connectivity index is 1.58. The number of benzene rings is 3. The van der Waals surface area contributed by atoms with Crippen LogP contribution in [0.4, 0.5) is 0 Å². The number of pyridine rings is 1. The summed E-state index contributed by atoms with van der Waals surface area (Å²) in [5.74, 6) is -1.52. The molecule has 2 atom stereocenters. The first-order valence-electron chi connectivity index (χ1n) is 16.0. The number of ether oxygens (including phenoxy) is 1. The number of aryl methyl sites for hydroxylation is 3. The molecule has 3 aromatic carbocycles. The predicted molar refractivity (Wildman–Crippen MR) is 185 cm³/mol. The van der Waals surface area contributed by atoms with Crippen molar-refractivity contribution in [3.8, 4) is 11.1 Å². The van der Waals surface area contributed by atoms with E-state index in [-0.39, 0.29) is 23.8 Å². The van der Waals surface area contributed by atoms with E-state index in [1.165, 1.54) is 12.1 Å². The molecule has 1 aliphatic rings. The lowest BCUT2D eigenvalue weighted by molar-refractivity contribution is -0.160. The Morgan fingerprint density at radius 3 is 2.12 bits per heavy atom. The van der Waals surface area contributed by atoms with Crippen molar-refractivity contribution in [2.75, 3.05) is 6.54 Å². The molecule has 1 aliphatic heterocycles. The zero-order valence-corrected chi connectivity index (χ0v) is 29.1. The van der Waals surface area contributed by atoms with Crippen molar-refractivity contribution in [2.45, 2.75) is 83.6 Å². The maximum Gasteiger partial charge on any atom is 0.337 e. The summed E-state index contributed by atoms with van der Waals surface area (Å²) in [6.07, 6.45) is -0.740. The molecule has 0 aliphatic carbocycles. The van der Waals surface area contributed by atoms with Crippen molar-refractivity contribution in [3.63, 3.8) is 0 Å². The van der Waals surface area contributed by atoms with Gasteiger partial charge in [-0.25, -0.2) is 13.2 Å². The van der Waals surface area contributed by atoms with Gasteiger partial charge in [0.05, 0.1) is 10.5 Å². The summed E-state index contributed by atoms with van der Waals surface area (Å²) < 4.78 is 36.0. The summed E-state index contributed by atoms with van der Waals surface area (Å²) in [5.41, 5.74) is 5.95. The van der Waals surface area contributed by atoms with Gasteiger partial charge in [-0.1, -0.05) is 77.9 Å². The summed E-state index contributed by atoms with van der Waals surface area (Å²) >= 11 is 0. The Morgan fingerprint density at radius 1 is 0.938 bits per heavy atom. The van der Waals surface area contributed by atoms with Gasteiger partial charge in [-0.2, -0.15) is 4.72 Å². The van der Waals surface area contributed by atoms with Crippen LogP contribution < -0.4 is 4.72 Å². The molecule has 48 heavy (non-hydrogen) atoms. The summed E-state index contributed by atoms with van der Waals surface area (Å²) in [4.78, 5) is 33.8. The normalized spacial score (nSPS) is 14.7. The maximum absolute atomic E-state index is 14.4. The average molecular weight is 670 g/mol. The highest BCUT2D eigenvalue weighted by molar-refractivity contribution is 7.89. The molecule has 252 valence electrons. The first-order chi connectivity index (χ1) is 22.6. The number of amides is 1. The van der Waals surface area contributed by atoms with E-state index >= 15 is 0 Å². The van der Waals surface area contributed by atoms with Gasteiger partial charge in [-0.3, -0.25) is 9.78 Å². The molecule has 0 saturated carbocycles. The molecule has 9 nitrogen and oxygen atoms in total. The van der Waals surface area contributed by atoms with E-state index in [1.807, 2.05) is 68.4 Å². The second-order valence-corrected chi connectivity index (χ2v) is 15.1. The average Bonchev–Trinajstić information content (AvgIpc) is 3.03. The number of nitrogens with zero attached hydrogens (tertiary/aromatic N) is 2. The van der Waals surface area contributed by atoms with E-state index in [4.69, 9.17) is 9.72 Å². The first kappa shape index (κ1) is 34.9. The SMILES string of the molecule is Cc1ccc(-c2c3c(nc(C)c2C(OC(C)(C)C)C(=O)O)CCN(C(=O)[C@H](Cc2ccccc2)NS(=O)(=O)c2ccc(C)cc2)C3)cc1. The minimum atomic E-state index is -4.04. The van der Waals surface area contributed by atoms with Crippen molar-refractivity contribution >= 4 is 21.9 Å². The van der Waals surface area contributed by atoms with Crippen LogP contribution in [0.25, 0.3) is 11.1 Å². The van der Waals surface area contributed by atoms with Crippen LogP contribution in [0.3, 0.4) is 0 Å². The van der Waals surface area contributed by atoms with Crippen molar-refractivity contribution < 1.29 is 27.9 Å². The largest absolute Gasteiger partial charge is 0.479 e. The molecule has 5 rings (SSSR count). The number of carboxylic acids is 1. The van der Waals surface area contributed by atoms with E-state index in [0.717, 1.165) is 33.5 Å². The van der Waals surface area contributed by atoms with Crippen LogP contribution in [0.15, 0.2) is 83.8 Å². The Kier molecular flexibility index (Phi) is 10.2. The van der Waals surface area contributed by atoms with Gasteiger partial charge in [-0.15, -0.1) is 0 Å².